The van der Waals surface area contributed by atoms with Gasteiger partial charge in [-0.1, -0.05) is 30.3 Å². The topological polar surface area (TPSA) is 134 Å². The quantitative estimate of drug-likeness (QED) is 0.315. The lowest BCUT2D eigenvalue weighted by atomic mass is 10.1. The van der Waals surface area contributed by atoms with E-state index in [-0.39, 0.29) is 40.4 Å². The number of aliphatic imine (C=N–C) groups is 1. The molecule has 34 heavy (non-hydrogen) atoms. The van der Waals surface area contributed by atoms with Gasteiger partial charge in [0.1, 0.15) is 28.9 Å². The summed E-state index contributed by atoms with van der Waals surface area (Å²) in [6.45, 7) is 0.169. The van der Waals surface area contributed by atoms with Crippen LogP contribution in [-0.2, 0) is 4.79 Å². The number of amidine groups is 2. The maximum atomic E-state index is 12.6. The number of nitro benzene ring substituents is 1. The number of fused-ring (bicyclic) bond motifs is 1. The largest absolute Gasteiger partial charge is 0.487 e. The Balaban J connectivity index is 1.37. The highest BCUT2D eigenvalue weighted by Gasteiger charge is 2.36. The van der Waals surface area contributed by atoms with Gasteiger partial charge >= 0.3 is 0 Å². The van der Waals surface area contributed by atoms with Crippen molar-refractivity contribution >= 4 is 45.5 Å². The van der Waals surface area contributed by atoms with Crippen LogP contribution in [0.25, 0.3) is 17.4 Å². The van der Waals surface area contributed by atoms with E-state index >= 15 is 0 Å². The summed E-state index contributed by atoms with van der Waals surface area (Å²) < 4.78 is 11.4. The number of benzene rings is 2. The maximum Gasteiger partial charge on any atom is 0.283 e. The first-order valence-electron chi connectivity index (χ1n) is 10.00. The van der Waals surface area contributed by atoms with Crippen molar-refractivity contribution in [3.05, 3.63) is 88.2 Å². The molecule has 0 saturated carbocycles. The van der Waals surface area contributed by atoms with Crippen molar-refractivity contribution in [1.29, 1.82) is 5.41 Å². The zero-order valence-electron chi connectivity index (χ0n) is 17.4. The van der Waals surface area contributed by atoms with Crippen molar-refractivity contribution in [3.8, 4) is 17.1 Å². The van der Waals surface area contributed by atoms with Gasteiger partial charge in [0, 0.05) is 6.07 Å². The fraction of sp³-hybridized carbons (Fsp3) is 0.0435. The summed E-state index contributed by atoms with van der Waals surface area (Å²) in [5, 5.41) is 26.2. The summed E-state index contributed by atoms with van der Waals surface area (Å²) in [5.74, 6) is 0.446. The van der Waals surface area contributed by atoms with Crippen LogP contribution in [0.5, 0.6) is 5.75 Å². The van der Waals surface area contributed by atoms with Gasteiger partial charge in [0.15, 0.2) is 5.84 Å². The Morgan fingerprint density at radius 2 is 1.88 bits per heavy atom. The molecule has 11 heteroatoms. The third-order valence-corrected chi connectivity index (χ3v) is 5.76. The minimum atomic E-state index is -0.604. The molecule has 5 rings (SSSR count). The van der Waals surface area contributed by atoms with Gasteiger partial charge in [0.25, 0.3) is 11.6 Å². The van der Waals surface area contributed by atoms with Crippen molar-refractivity contribution in [2.45, 2.75) is 0 Å². The lowest BCUT2D eigenvalue weighted by molar-refractivity contribution is -0.384. The summed E-state index contributed by atoms with van der Waals surface area (Å²) in [4.78, 5) is 27.5. The van der Waals surface area contributed by atoms with Crippen LogP contribution in [0, 0.1) is 15.5 Å². The van der Waals surface area contributed by atoms with E-state index in [1.54, 1.807) is 30.3 Å². The number of furan rings is 1. The predicted octanol–water partition coefficient (Wildman–Crippen LogP) is 4.55. The average Bonchev–Trinajstić information content (AvgIpc) is 3.48. The zero-order chi connectivity index (χ0) is 23.7. The second kappa shape index (κ2) is 8.79. The van der Waals surface area contributed by atoms with E-state index in [0.717, 1.165) is 11.8 Å². The molecule has 0 bridgehead atoms. The minimum Gasteiger partial charge on any atom is -0.487 e. The van der Waals surface area contributed by atoms with Gasteiger partial charge < -0.3 is 9.15 Å². The molecule has 168 valence electrons. The van der Waals surface area contributed by atoms with Crippen molar-refractivity contribution < 1.29 is 18.9 Å². The summed E-state index contributed by atoms with van der Waals surface area (Å²) in [6, 6.07) is 18.6. The van der Waals surface area contributed by atoms with Gasteiger partial charge in [-0.25, -0.2) is 0 Å². The summed E-state index contributed by atoms with van der Waals surface area (Å²) in [7, 11) is 0. The number of para-hydroxylation sites is 2. The highest BCUT2D eigenvalue weighted by molar-refractivity contribution is 8.27. The predicted molar refractivity (Wildman–Crippen MR) is 128 cm³/mol. The molecular formula is C23H15N5O5S. The Labute approximate surface area is 196 Å². The molecule has 0 unspecified atom stereocenters. The van der Waals surface area contributed by atoms with E-state index in [0.29, 0.717) is 16.4 Å². The Kier molecular flexibility index (Phi) is 5.52. The number of nitrogens with zero attached hydrogens (tertiary/aromatic N) is 4. The number of hydrazone groups is 1. The molecule has 0 radical (unpaired) electrons. The molecule has 2 aliphatic heterocycles. The van der Waals surface area contributed by atoms with Gasteiger partial charge in [0.05, 0.1) is 16.1 Å². The van der Waals surface area contributed by atoms with Crippen molar-refractivity contribution in [3.63, 3.8) is 0 Å². The van der Waals surface area contributed by atoms with E-state index < -0.39 is 10.8 Å². The lowest BCUT2D eigenvalue weighted by Crippen LogP contribution is -2.35. The normalized spacial score (nSPS) is 16.4. The number of amides is 1. The zero-order valence-corrected chi connectivity index (χ0v) is 18.2. The number of thioether (sulfide) groups is 1. The van der Waals surface area contributed by atoms with E-state index in [9.17, 15) is 14.9 Å². The van der Waals surface area contributed by atoms with Crippen LogP contribution in [0.15, 0.2) is 86.8 Å². The molecule has 0 spiro atoms. The SMILES string of the molecule is N=C1/C(=C\c2ccc(-c3ccccc3[N+](=O)[O-])o2)C(=O)N=C2SC(COc3ccccc3)=NN12. The van der Waals surface area contributed by atoms with E-state index in [1.165, 1.54) is 17.2 Å². The van der Waals surface area contributed by atoms with Crippen molar-refractivity contribution in [2.24, 2.45) is 10.1 Å². The third kappa shape index (κ3) is 4.11. The van der Waals surface area contributed by atoms with Crippen LogP contribution in [0.1, 0.15) is 5.76 Å². The monoisotopic (exact) mass is 473 g/mol. The number of carbonyl (C=O) groups excluding carboxylic acids is 1. The molecule has 10 nitrogen and oxygen atoms in total. The van der Waals surface area contributed by atoms with Gasteiger partial charge in [-0.05, 0) is 48.2 Å². The summed E-state index contributed by atoms with van der Waals surface area (Å²) >= 11 is 1.16. The Bertz CT molecular complexity index is 1410. The molecule has 1 N–H and O–H groups in total. The number of hydrogen-bond donors (Lipinski definition) is 1. The Morgan fingerprint density at radius 3 is 2.68 bits per heavy atom. The van der Waals surface area contributed by atoms with Gasteiger partial charge in [-0.15, -0.1) is 0 Å². The summed E-state index contributed by atoms with van der Waals surface area (Å²) in [6.07, 6.45) is 1.38. The van der Waals surface area contributed by atoms with Gasteiger partial charge in [-0.2, -0.15) is 15.1 Å². The van der Waals surface area contributed by atoms with E-state index in [2.05, 4.69) is 10.1 Å². The lowest BCUT2D eigenvalue weighted by Gasteiger charge is -2.19. The molecule has 3 heterocycles. The number of carbonyl (C=O) groups is 1. The molecule has 0 aliphatic carbocycles. The molecular weight excluding hydrogens is 458 g/mol. The van der Waals surface area contributed by atoms with Gasteiger partial charge in [-0.3, -0.25) is 20.3 Å². The van der Waals surface area contributed by atoms with Crippen molar-refractivity contribution in [2.75, 3.05) is 6.61 Å². The van der Waals surface area contributed by atoms with E-state index in [1.807, 2.05) is 30.3 Å². The minimum absolute atomic E-state index is 0.0122. The molecule has 2 aliphatic rings. The van der Waals surface area contributed by atoms with Crippen LogP contribution in [0.3, 0.4) is 0 Å². The Morgan fingerprint density at radius 1 is 1.12 bits per heavy atom. The average molecular weight is 473 g/mol. The molecule has 0 fully saturated rings. The highest BCUT2D eigenvalue weighted by atomic mass is 32.2. The standard InChI is InChI=1S/C23H15N5O5S/c24-21-17(12-15-10-11-19(33-15)16-8-4-5-9-18(16)28(30)31)22(29)25-23-27(21)26-20(34-23)13-32-14-6-2-1-3-7-14/h1-12,24H,13H2/b17-12+,24-21?. The Hall–Kier alpha value is -4.51. The fourth-order valence-electron chi connectivity index (χ4n) is 3.31. The second-order valence-corrected chi connectivity index (χ2v) is 8.13. The van der Waals surface area contributed by atoms with Crippen LogP contribution in [0.4, 0.5) is 5.69 Å². The van der Waals surface area contributed by atoms with Crippen LogP contribution in [0.2, 0.25) is 0 Å². The number of ether oxygens (including phenoxy) is 1. The first-order valence-corrected chi connectivity index (χ1v) is 10.8. The number of rotatable bonds is 6. The van der Waals surface area contributed by atoms with Crippen LogP contribution in [-0.4, -0.2) is 38.5 Å². The molecule has 1 amide bonds. The first-order chi connectivity index (χ1) is 16.5. The fourth-order valence-corrected chi connectivity index (χ4v) is 4.11. The molecule has 0 saturated heterocycles. The van der Waals surface area contributed by atoms with Gasteiger partial charge in [0.2, 0.25) is 5.17 Å². The summed E-state index contributed by atoms with van der Waals surface area (Å²) in [5.41, 5.74) is 0.202. The first kappa shape index (κ1) is 21.3. The number of hydrogen-bond acceptors (Lipinski definition) is 8. The molecule has 1 aromatic heterocycles. The van der Waals surface area contributed by atoms with Crippen LogP contribution < -0.4 is 4.74 Å². The smallest absolute Gasteiger partial charge is 0.283 e. The van der Waals surface area contributed by atoms with E-state index in [4.69, 9.17) is 14.6 Å². The number of nitro groups is 1. The second-order valence-electron chi connectivity index (χ2n) is 7.09. The number of nitrogens with one attached hydrogen (secondary N) is 1. The molecule has 3 aromatic rings. The maximum absolute atomic E-state index is 12.6. The highest BCUT2D eigenvalue weighted by Crippen LogP contribution is 2.33. The third-order valence-electron chi connectivity index (χ3n) is 4.88. The molecule has 2 aromatic carbocycles. The molecule has 0 atom stereocenters. The van der Waals surface area contributed by atoms with Crippen LogP contribution >= 0.6 is 11.8 Å². The van der Waals surface area contributed by atoms with Crippen molar-refractivity contribution in [1.82, 2.24) is 5.01 Å².